The Kier molecular flexibility index (Phi) is 3.22. The summed E-state index contributed by atoms with van der Waals surface area (Å²) in [6.07, 6.45) is 7.59. The van der Waals surface area contributed by atoms with Crippen LogP contribution in [0.5, 0.6) is 0 Å². The molecule has 96 valence electrons. The molecule has 0 radical (unpaired) electrons. The number of piperidine rings is 1. The Morgan fingerprint density at radius 1 is 1.39 bits per heavy atom. The van der Waals surface area contributed by atoms with Crippen LogP contribution < -0.4 is 10.6 Å². The van der Waals surface area contributed by atoms with E-state index in [9.17, 15) is 4.79 Å². The Balaban J connectivity index is 1.66. The van der Waals surface area contributed by atoms with Crippen molar-refractivity contribution in [3.05, 3.63) is 29.0 Å². The van der Waals surface area contributed by atoms with Gasteiger partial charge in [-0.3, -0.25) is 9.78 Å². The monoisotopic (exact) mass is 265 g/mol. The van der Waals surface area contributed by atoms with E-state index in [2.05, 4.69) is 15.6 Å². The molecule has 1 amide bonds. The third-order valence-corrected chi connectivity index (χ3v) is 4.13. The normalized spacial score (nSPS) is 30.2. The topological polar surface area (TPSA) is 54.0 Å². The molecule has 2 unspecified atom stereocenters. The van der Waals surface area contributed by atoms with Crippen molar-refractivity contribution in [2.45, 2.75) is 43.8 Å². The molecule has 1 aromatic heterocycles. The van der Waals surface area contributed by atoms with E-state index < -0.39 is 0 Å². The second-order valence-electron chi connectivity index (χ2n) is 5.14. The largest absolute Gasteiger partial charge is 0.349 e. The van der Waals surface area contributed by atoms with E-state index in [0.717, 1.165) is 12.8 Å². The van der Waals surface area contributed by atoms with Crippen LogP contribution in [0.2, 0.25) is 5.02 Å². The number of rotatable bonds is 2. The van der Waals surface area contributed by atoms with Gasteiger partial charge in [0.15, 0.2) is 0 Å². The number of halogens is 1. The van der Waals surface area contributed by atoms with Crippen molar-refractivity contribution in [1.29, 1.82) is 0 Å². The zero-order valence-electron chi connectivity index (χ0n) is 10.0. The van der Waals surface area contributed by atoms with Crippen molar-refractivity contribution in [3.63, 3.8) is 0 Å². The zero-order chi connectivity index (χ0) is 12.5. The highest BCUT2D eigenvalue weighted by atomic mass is 35.5. The molecule has 2 aliphatic rings. The molecule has 2 bridgehead atoms. The first-order valence-corrected chi connectivity index (χ1v) is 6.76. The maximum atomic E-state index is 12.1. The summed E-state index contributed by atoms with van der Waals surface area (Å²) in [6.45, 7) is 0. The molecule has 3 rings (SSSR count). The Morgan fingerprint density at radius 3 is 2.78 bits per heavy atom. The van der Waals surface area contributed by atoms with Crippen molar-refractivity contribution in [2.24, 2.45) is 0 Å². The number of fused-ring (bicyclic) bond motifs is 2. The quantitative estimate of drug-likeness (QED) is 0.857. The number of amides is 1. The van der Waals surface area contributed by atoms with Gasteiger partial charge in [0.05, 0.1) is 10.6 Å². The molecular weight excluding hydrogens is 250 g/mol. The van der Waals surface area contributed by atoms with Crippen LogP contribution in [0.25, 0.3) is 0 Å². The number of pyridine rings is 1. The standard InChI is InChI=1S/C13H16ClN3O/c14-12-7-15-4-3-11(12)13(18)17-10-5-8-1-2-9(6-10)16-8/h3-4,7-10,16H,1-2,5-6H2,(H,17,18). The average Bonchev–Trinajstić information content (AvgIpc) is 2.69. The van der Waals surface area contributed by atoms with Crippen LogP contribution in [-0.2, 0) is 0 Å². The van der Waals surface area contributed by atoms with E-state index in [1.807, 2.05) is 0 Å². The van der Waals surface area contributed by atoms with Gasteiger partial charge in [0.2, 0.25) is 0 Å². The Bertz CT molecular complexity index is 453. The molecule has 3 heterocycles. The van der Waals surface area contributed by atoms with Crippen LogP contribution in [0.4, 0.5) is 0 Å². The summed E-state index contributed by atoms with van der Waals surface area (Å²) in [6, 6.07) is 3.07. The minimum atomic E-state index is -0.0892. The second kappa shape index (κ2) is 4.86. The highest BCUT2D eigenvalue weighted by Crippen LogP contribution is 2.27. The molecule has 2 atom stereocenters. The highest BCUT2D eigenvalue weighted by molar-refractivity contribution is 6.33. The molecule has 1 aromatic rings. The Labute approximate surface area is 111 Å². The van der Waals surface area contributed by atoms with Crippen molar-refractivity contribution < 1.29 is 4.79 Å². The van der Waals surface area contributed by atoms with Crippen molar-refractivity contribution in [2.75, 3.05) is 0 Å². The summed E-state index contributed by atoms with van der Waals surface area (Å²) in [7, 11) is 0. The van der Waals surface area contributed by atoms with Gasteiger partial charge in [-0.2, -0.15) is 0 Å². The predicted molar refractivity (Wildman–Crippen MR) is 69.7 cm³/mol. The maximum absolute atomic E-state index is 12.1. The fraction of sp³-hybridized carbons (Fsp3) is 0.538. The fourth-order valence-electron chi connectivity index (χ4n) is 3.00. The van der Waals surface area contributed by atoms with Gasteiger partial charge in [0.1, 0.15) is 0 Å². The zero-order valence-corrected chi connectivity index (χ0v) is 10.8. The summed E-state index contributed by atoms with van der Waals surface area (Å²) in [5, 5.41) is 7.05. The molecule has 4 nitrogen and oxygen atoms in total. The van der Waals surface area contributed by atoms with E-state index >= 15 is 0 Å². The summed E-state index contributed by atoms with van der Waals surface area (Å²) in [4.78, 5) is 16.0. The molecule has 2 N–H and O–H groups in total. The first kappa shape index (κ1) is 11.9. The number of carbonyl (C=O) groups excluding carboxylic acids is 1. The van der Waals surface area contributed by atoms with Gasteiger partial charge in [0.25, 0.3) is 5.91 Å². The van der Waals surface area contributed by atoms with E-state index in [4.69, 9.17) is 11.6 Å². The number of carbonyl (C=O) groups is 1. The molecule has 2 saturated heterocycles. The third-order valence-electron chi connectivity index (χ3n) is 3.83. The maximum Gasteiger partial charge on any atom is 0.253 e. The molecule has 5 heteroatoms. The van der Waals surface area contributed by atoms with Gasteiger partial charge < -0.3 is 10.6 Å². The van der Waals surface area contributed by atoms with Gasteiger partial charge in [-0.1, -0.05) is 11.6 Å². The van der Waals surface area contributed by atoms with Crippen LogP contribution in [0.15, 0.2) is 18.5 Å². The molecule has 0 aromatic carbocycles. The number of nitrogens with zero attached hydrogens (tertiary/aromatic N) is 1. The first-order chi connectivity index (χ1) is 8.72. The first-order valence-electron chi connectivity index (χ1n) is 6.39. The Morgan fingerprint density at radius 2 is 2.11 bits per heavy atom. The van der Waals surface area contributed by atoms with Crippen molar-refractivity contribution >= 4 is 17.5 Å². The van der Waals surface area contributed by atoms with Crippen LogP contribution >= 0.6 is 11.6 Å². The molecule has 18 heavy (non-hydrogen) atoms. The van der Waals surface area contributed by atoms with Gasteiger partial charge in [-0.05, 0) is 31.7 Å². The molecule has 2 aliphatic heterocycles. The van der Waals surface area contributed by atoms with E-state index in [-0.39, 0.29) is 11.9 Å². The molecule has 2 fully saturated rings. The predicted octanol–water partition coefficient (Wildman–Crippen LogP) is 1.75. The van der Waals surface area contributed by atoms with E-state index in [1.165, 1.54) is 19.0 Å². The van der Waals surface area contributed by atoms with Crippen LogP contribution in [0.1, 0.15) is 36.0 Å². The summed E-state index contributed by atoms with van der Waals surface area (Å²) < 4.78 is 0. The van der Waals surface area contributed by atoms with Gasteiger partial charge in [-0.15, -0.1) is 0 Å². The summed E-state index contributed by atoms with van der Waals surface area (Å²) in [5.74, 6) is -0.0892. The lowest BCUT2D eigenvalue weighted by Gasteiger charge is -2.29. The number of aromatic nitrogens is 1. The minimum absolute atomic E-state index is 0.0892. The summed E-state index contributed by atoms with van der Waals surface area (Å²) in [5.41, 5.74) is 0.512. The highest BCUT2D eigenvalue weighted by Gasteiger charge is 2.34. The third kappa shape index (κ3) is 2.35. The lowest BCUT2D eigenvalue weighted by molar-refractivity contribution is 0.0924. The molecule has 0 aliphatic carbocycles. The van der Waals surface area contributed by atoms with Crippen LogP contribution in [-0.4, -0.2) is 29.0 Å². The smallest absolute Gasteiger partial charge is 0.253 e. The Hall–Kier alpha value is -1.13. The number of hydrogen-bond acceptors (Lipinski definition) is 3. The lowest BCUT2D eigenvalue weighted by atomic mass is 9.99. The average molecular weight is 266 g/mol. The second-order valence-corrected chi connectivity index (χ2v) is 5.54. The van der Waals surface area contributed by atoms with Gasteiger partial charge in [0, 0.05) is 30.5 Å². The van der Waals surface area contributed by atoms with Gasteiger partial charge in [-0.25, -0.2) is 0 Å². The fourth-order valence-corrected chi connectivity index (χ4v) is 3.20. The molecule has 0 spiro atoms. The number of hydrogen-bond donors (Lipinski definition) is 2. The van der Waals surface area contributed by atoms with Gasteiger partial charge >= 0.3 is 0 Å². The van der Waals surface area contributed by atoms with Crippen molar-refractivity contribution in [3.8, 4) is 0 Å². The number of nitrogens with one attached hydrogen (secondary N) is 2. The van der Waals surface area contributed by atoms with E-state index in [0.29, 0.717) is 22.7 Å². The van der Waals surface area contributed by atoms with Crippen molar-refractivity contribution in [1.82, 2.24) is 15.6 Å². The lowest BCUT2D eigenvalue weighted by Crippen LogP contribution is -2.48. The minimum Gasteiger partial charge on any atom is -0.349 e. The van der Waals surface area contributed by atoms with Crippen LogP contribution in [0, 0.1) is 0 Å². The van der Waals surface area contributed by atoms with E-state index in [1.54, 1.807) is 12.3 Å². The molecule has 0 saturated carbocycles. The summed E-state index contributed by atoms with van der Waals surface area (Å²) >= 11 is 5.97. The van der Waals surface area contributed by atoms with Crippen LogP contribution in [0.3, 0.4) is 0 Å². The molecular formula is C13H16ClN3O. The SMILES string of the molecule is O=C(NC1CC2CCC(C1)N2)c1ccncc1Cl.